The summed E-state index contributed by atoms with van der Waals surface area (Å²) in [4.78, 5) is 13.4. The van der Waals surface area contributed by atoms with Crippen molar-refractivity contribution in [1.29, 1.82) is 0 Å². The van der Waals surface area contributed by atoms with Gasteiger partial charge in [-0.25, -0.2) is 9.48 Å². The summed E-state index contributed by atoms with van der Waals surface area (Å²) in [5.41, 5.74) is -0.499. The lowest BCUT2D eigenvalue weighted by Gasteiger charge is -2.26. The molecule has 1 unspecified atom stereocenters. The number of hydrogen-bond donors (Lipinski definition) is 0. The molecule has 1 heterocycles. The van der Waals surface area contributed by atoms with E-state index in [9.17, 15) is 4.79 Å². The Hall–Kier alpha value is -1.24. The molecule has 1 aromatic rings. The Labute approximate surface area is 128 Å². The highest BCUT2D eigenvalue weighted by Crippen LogP contribution is 2.24. The minimum absolute atomic E-state index is 0.181. The SMILES string of the molecule is CC(CN(C)C(=O)OC(C)(C)C)Oc1c(Br)cnn1C. The fourth-order valence-corrected chi connectivity index (χ4v) is 2.00. The van der Waals surface area contributed by atoms with Crippen LogP contribution >= 0.6 is 15.9 Å². The predicted octanol–water partition coefficient (Wildman–Crippen LogP) is 2.82. The molecule has 0 aromatic carbocycles. The lowest BCUT2D eigenvalue weighted by Crippen LogP contribution is -2.39. The molecular weight excluding hydrogens is 326 g/mol. The van der Waals surface area contributed by atoms with Gasteiger partial charge in [-0.3, -0.25) is 0 Å². The first-order chi connectivity index (χ1) is 9.10. The standard InChI is InChI=1S/C13H22BrN3O3/c1-9(19-11-10(14)7-15-17(11)6)8-16(5)12(18)20-13(2,3)4/h7,9H,8H2,1-6H3. The molecule has 0 bridgehead atoms. The lowest BCUT2D eigenvalue weighted by atomic mass is 10.2. The zero-order valence-electron chi connectivity index (χ0n) is 12.8. The van der Waals surface area contributed by atoms with Crippen LogP contribution in [-0.4, -0.2) is 46.1 Å². The van der Waals surface area contributed by atoms with E-state index < -0.39 is 5.60 Å². The smallest absolute Gasteiger partial charge is 0.410 e. The maximum absolute atomic E-state index is 11.9. The third kappa shape index (κ3) is 5.03. The Morgan fingerprint density at radius 3 is 2.60 bits per heavy atom. The average Bonchev–Trinajstić information content (AvgIpc) is 2.58. The second-order valence-corrected chi connectivity index (χ2v) is 6.56. The van der Waals surface area contributed by atoms with Gasteiger partial charge in [0.1, 0.15) is 11.7 Å². The van der Waals surface area contributed by atoms with Gasteiger partial charge in [-0.05, 0) is 43.6 Å². The van der Waals surface area contributed by atoms with E-state index in [1.54, 1.807) is 25.0 Å². The molecule has 0 aliphatic rings. The van der Waals surface area contributed by atoms with Gasteiger partial charge in [-0.15, -0.1) is 0 Å². The fraction of sp³-hybridized carbons (Fsp3) is 0.692. The van der Waals surface area contributed by atoms with Gasteiger partial charge in [0.25, 0.3) is 0 Å². The van der Waals surface area contributed by atoms with Crippen LogP contribution in [0.5, 0.6) is 5.88 Å². The van der Waals surface area contributed by atoms with Gasteiger partial charge in [-0.2, -0.15) is 5.10 Å². The molecular formula is C13H22BrN3O3. The summed E-state index contributed by atoms with van der Waals surface area (Å²) in [5, 5.41) is 4.07. The van der Waals surface area contributed by atoms with Crippen LogP contribution in [0.1, 0.15) is 27.7 Å². The summed E-state index contributed by atoms with van der Waals surface area (Å²) >= 11 is 3.37. The first kappa shape index (κ1) is 16.8. The van der Waals surface area contributed by atoms with E-state index in [-0.39, 0.29) is 12.2 Å². The molecule has 114 valence electrons. The molecule has 7 heteroatoms. The molecule has 20 heavy (non-hydrogen) atoms. The van der Waals surface area contributed by atoms with Crippen LogP contribution in [0.25, 0.3) is 0 Å². The van der Waals surface area contributed by atoms with E-state index in [2.05, 4.69) is 21.0 Å². The summed E-state index contributed by atoms with van der Waals surface area (Å²) < 4.78 is 13.5. The molecule has 0 saturated carbocycles. The summed E-state index contributed by atoms with van der Waals surface area (Å²) in [5.74, 6) is 0.634. The number of likely N-dealkylation sites (N-methyl/N-ethyl adjacent to an activating group) is 1. The highest BCUT2D eigenvalue weighted by atomic mass is 79.9. The Morgan fingerprint density at radius 2 is 2.15 bits per heavy atom. The zero-order valence-corrected chi connectivity index (χ0v) is 14.4. The summed E-state index contributed by atoms with van der Waals surface area (Å²) in [7, 11) is 3.48. The van der Waals surface area contributed by atoms with Gasteiger partial charge in [-0.1, -0.05) is 0 Å². The Kier molecular flexibility index (Phi) is 5.44. The summed E-state index contributed by atoms with van der Waals surface area (Å²) in [6.45, 7) is 7.83. The fourth-order valence-electron chi connectivity index (χ4n) is 1.56. The van der Waals surface area contributed by atoms with E-state index in [1.807, 2.05) is 27.7 Å². The molecule has 1 rings (SSSR count). The number of halogens is 1. The molecule has 6 nitrogen and oxygen atoms in total. The van der Waals surface area contributed by atoms with E-state index in [1.165, 1.54) is 4.90 Å². The minimum atomic E-state index is -0.499. The van der Waals surface area contributed by atoms with Crippen molar-refractivity contribution in [3.05, 3.63) is 10.7 Å². The van der Waals surface area contributed by atoms with Crippen molar-refractivity contribution in [3.8, 4) is 5.88 Å². The van der Waals surface area contributed by atoms with E-state index in [4.69, 9.17) is 9.47 Å². The number of ether oxygens (including phenoxy) is 2. The van der Waals surface area contributed by atoms with Crippen LogP contribution in [0.3, 0.4) is 0 Å². The number of aromatic nitrogens is 2. The monoisotopic (exact) mass is 347 g/mol. The van der Waals surface area contributed by atoms with Crippen molar-refractivity contribution in [2.45, 2.75) is 39.4 Å². The van der Waals surface area contributed by atoms with E-state index in [0.717, 1.165) is 4.47 Å². The van der Waals surface area contributed by atoms with Crippen molar-refractivity contribution in [3.63, 3.8) is 0 Å². The van der Waals surface area contributed by atoms with Crippen LogP contribution in [0.15, 0.2) is 10.7 Å². The van der Waals surface area contributed by atoms with Gasteiger partial charge >= 0.3 is 6.09 Å². The first-order valence-corrected chi connectivity index (χ1v) is 7.17. The number of nitrogens with zero attached hydrogens (tertiary/aromatic N) is 3. The third-order valence-electron chi connectivity index (χ3n) is 2.39. The lowest BCUT2D eigenvalue weighted by molar-refractivity contribution is 0.0233. The molecule has 1 aromatic heterocycles. The van der Waals surface area contributed by atoms with Gasteiger partial charge in [0.2, 0.25) is 5.88 Å². The van der Waals surface area contributed by atoms with Crippen LogP contribution in [0.2, 0.25) is 0 Å². The maximum atomic E-state index is 11.9. The molecule has 0 aliphatic heterocycles. The van der Waals surface area contributed by atoms with Crippen LogP contribution in [0, 0.1) is 0 Å². The van der Waals surface area contributed by atoms with E-state index >= 15 is 0 Å². The van der Waals surface area contributed by atoms with Crippen molar-refractivity contribution in [1.82, 2.24) is 14.7 Å². The molecule has 0 N–H and O–H groups in total. The van der Waals surface area contributed by atoms with Crippen LogP contribution in [0.4, 0.5) is 4.79 Å². The molecule has 1 amide bonds. The van der Waals surface area contributed by atoms with Gasteiger partial charge < -0.3 is 14.4 Å². The molecule has 0 fully saturated rings. The second-order valence-electron chi connectivity index (χ2n) is 5.71. The zero-order chi connectivity index (χ0) is 15.5. The molecule has 1 atom stereocenters. The topological polar surface area (TPSA) is 56.6 Å². The summed E-state index contributed by atoms with van der Waals surface area (Å²) in [6, 6.07) is 0. The Bertz CT molecular complexity index is 448. The van der Waals surface area contributed by atoms with E-state index in [0.29, 0.717) is 12.4 Å². The number of amides is 1. The van der Waals surface area contributed by atoms with Crippen molar-refractivity contribution >= 4 is 22.0 Å². The number of rotatable bonds is 4. The number of aryl methyl sites for hydroxylation is 1. The van der Waals surface area contributed by atoms with Crippen molar-refractivity contribution in [2.24, 2.45) is 7.05 Å². The Morgan fingerprint density at radius 1 is 1.55 bits per heavy atom. The van der Waals surface area contributed by atoms with Crippen LogP contribution < -0.4 is 4.74 Å². The highest BCUT2D eigenvalue weighted by molar-refractivity contribution is 9.10. The molecule has 0 saturated heterocycles. The maximum Gasteiger partial charge on any atom is 0.410 e. The normalized spacial score (nSPS) is 12.9. The van der Waals surface area contributed by atoms with Crippen molar-refractivity contribution in [2.75, 3.05) is 13.6 Å². The molecule has 0 radical (unpaired) electrons. The summed E-state index contributed by atoms with van der Waals surface area (Å²) in [6.07, 6.45) is 1.12. The number of carbonyl (C=O) groups is 1. The van der Waals surface area contributed by atoms with Gasteiger partial charge in [0, 0.05) is 14.1 Å². The second kappa shape index (κ2) is 6.47. The number of carbonyl (C=O) groups excluding carboxylic acids is 1. The Balaban J connectivity index is 2.54. The quantitative estimate of drug-likeness (QED) is 0.840. The number of hydrogen-bond acceptors (Lipinski definition) is 4. The van der Waals surface area contributed by atoms with Gasteiger partial charge in [0.05, 0.1) is 17.2 Å². The third-order valence-corrected chi connectivity index (χ3v) is 2.94. The molecule has 0 aliphatic carbocycles. The van der Waals surface area contributed by atoms with Gasteiger partial charge in [0.15, 0.2) is 0 Å². The average molecular weight is 348 g/mol. The van der Waals surface area contributed by atoms with Crippen LogP contribution in [-0.2, 0) is 11.8 Å². The minimum Gasteiger partial charge on any atom is -0.472 e. The first-order valence-electron chi connectivity index (χ1n) is 6.38. The predicted molar refractivity (Wildman–Crippen MR) is 79.9 cm³/mol. The molecule has 0 spiro atoms. The van der Waals surface area contributed by atoms with Crippen molar-refractivity contribution < 1.29 is 14.3 Å². The highest BCUT2D eigenvalue weighted by Gasteiger charge is 2.22. The largest absolute Gasteiger partial charge is 0.472 e.